The van der Waals surface area contributed by atoms with E-state index in [0.29, 0.717) is 30.0 Å². The van der Waals surface area contributed by atoms with Crippen molar-refractivity contribution in [1.29, 1.82) is 5.26 Å². The van der Waals surface area contributed by atoms with Crippen LogP contribution in [0, 0.1) is 21.4 Å². The van der Waals surface area contributed by atoms with Crippen LogP contribution < -0.4 is 19.9 Å². The predicted octanol–water partition coefficient (Wildman–Crippen LogP) is 2.83. The van der Waals surface area contributed by atoms with Crippen LogP contribution in [-0.4, -0.2) is 64.0 Å². The highest BCUT2D eigenvalue weighted by Crippen LogP contribution is 2.49. The lowest BCUT2D eigenvalue weighted by Crippen LogP contribution is -2.42. The molecule has 200 valence electrons. The first-order chi connectivity index (χ1) is 18.9. The second-order valence-electron chi connectivity index (χ2n) is 8.50. The minimum atomic E-state index is -0.914. The van der Waals surface area contributed by atoms with E-state index in [1.807, 2.05) is 0 Å². The molecule has 1 atom stereocenters. The molecule has 39 heavy (non-hydrogen) atoms. The van der Waals surface area contributed by atoms with Crippen molar-refractivity contribution >= 4 is 11.8 Å². The van der Waals surface area contributed by atoms with Crippen molar-refractivity contribution in [2.75, 3.05) is 32.9 Å². The number of carbonyl (C=O) groups is 1. The van der Waals surface area contributed by atoms with E-state index in [1.165, 1.54) is 17.0 Å². The summed E-state index contributed by atoms with van der Waals surface area (Å²) in [7, 11) is 0. The lowest BCUT2D eigenvalue weighted by Gasteiger charge is -2.27. The predicted molar refractivity (Wildman–Crippen MR) is 134 cm³/mol. The van der Waals surface area contributed by atoms with Gasteiger partial charge in [0, 0.05) is 37.1 Å². The normalized spacial score (nSPS) is 16.6. The number of pyridine rings is 1. The molecule has 0 saturated carbocycles. The number of nitro benzene ring substituents is 1. The van der Waals surface area contributed by atoms with Gasteiger partial charge in [-0.05, 0) is 30.7 Å². The summed E-state index contributed by atoms with van der Waals surface area (Å²) >= 11 is 0. The van der Waals surface area contributed by atoms with Gasteiger partial charge < -0.3 is 29.6 Å². The monoisotopic (exact) mass is 533 g/mol. The Labute approximate surface area is 221 Å². The molecule has 14 nitrogen and oxygen atoms in total. The molecule has 0 spiro atoms. The Kier molecular flexibility index (Phi) is 6.98. The summed E-state index contributed by atoms with van der Waals surface area (Å²) in [6.45, 7) is 3.04. The third-order valence-electron chi connectivity index (χ3n) is 6.25. The van der Waals surface area contributed by atoms with Gasteiger partial charge in [0.05, 0.1) is 41.9 Å². The maximum absolute atomic E-state index is 12.8. The summed E-state index contributed by atoms with van der Waals surface area (Å²) in [6, 6.07) is 8.26. The summed E-state index contributed by atoms with van der Waals surface area (Å²) < 4.78 is 22.1. The summed E-state index contributed by atoms with van der Waals surface area (Å²) in [5.74, 6) is -1.37. The van der Waals surface area contributed by atoms with E-state index in [9.17, 15) is 20.2 Å². The molecule has 2 aromatic heterocycles. The number of benzene rings is 1. The fourth-order valence-corrected chi connectivity index (χ4v) is 4.49. The van der Waals surface area contributed by atoms with Crippen molar-refractivity contribution in [2.24, 2.45) is 5.73 Å². The van der Waals surface area contributed by atoms with Crippen molar-refractivity contribution in [2.45, 2.75) is 12.8 Å². The summed E-state index contributed by atoms with van der Waals surface area (Å²) in [4.78, 5) is 29.8. The van der Waals surface area contributed by atoms with E-state index in [1.54, 1.807) is 31.5 Å². The minimum absolute atomic E-state index is 0.0222. The fraction of sp³-hybridized carbons (Fsp3) is 0.280. The molecule has 4 heterocycles. The number of nitro groups is 1. The number of nitriles is 1. The summed E-state index contributed by atoms with van der Waals surface area (Å²) in [5, 5.41) is 29.4. The van der Waals surface area contributed by atoms with E-state index < -0.39 is 22.6 Å². The first-order valence-corrected chi connectivity index (χ1v) is 12.0. The number of carbonyl (C=O) groups excluding carboxylic acids is 1. The summed E-state index contributed by atoms with van der Waals surface area (Å²) in [6.07, 6.45) is 2.42. The standard InChI is InChI=1S/C25H23N7O7/c1-2-37-18-12-15(11-17(32(34)35)22(18)38-25(33)31-7-9-36-10-8-31)19-16(13-26)23(27)39-24-20(19)21(29-30-24)14-3-5-28-6-4-14/h3-6,11-12,19H,2,7-10,27H2,1H3,(H,29,30). The lowest BCUT2D eigenvalue weighted by molar-refractivity contribution is -0.385. The van der Waals surface area contributed by atoms with E-state index in [-0.39, 0.29) is 54.1 Å². The zero-order chi connectivity index (χ0) is 27.5. The molecule has 2 aliphatic rings. The molecule has 0 bridgehead atoms. The van der Waals surface area contributed by atoms with E-state index >= 15 is 0 Å². The second-order valence-corrected chi connectivity index (χ2v) is 8.50. The van der Waals surface area contributed by atoms with Gasteiger partial charge in [-0.15, -0.1) is 5.10 Å². The van der Waals surface area contributed by atoms with Gasteiger partial charge in [0.1, 0.15) is 11.6 Å². The van der Waals surface area contributed by atoms with E-state index in [4.69, 9.17) is 24.7 Å². The molecule has 14 heteroatoms. The number of hydrogen-bond donors (Lipinski definition) is 2. The van der Waals surface area contributed by atoms with Gasteiger partial charge in [-0.2, -0.15) is 5.26 Å². The number of aromatic nitrogens is 3. The number of amides is 1. The average Bonchev–Trinajstić information content (AvgIpc) is 3.37. The van der Waals surface area contributed by atoms with Crippen molar-refractivity contribution in [1.82, 2.24) is 20.1 Å². The van der Waals surface area contributed by atoms with Crippen LogP contribution in [-0.2, 0) is 4.74 Å². The third-order valence-corrected chi connectivity index (χ3v) is 6.25. The number of rotatable bonds is 6. The molecule has 0 aliphatic carbocycles. The van der Waals surface area contributed by atoms with Gasteiger partial charge in [0.2, 0.25) is 11.8 Å². The largest absolute Gasteiger partial charge is 0.490 e. The molecule has 1 saturated heterocycles. The van der Waals surface area contributed by atoms with Crippen molar-refractivity contribution in [3.8, 4) is 34.7 Å². The Hall–Kier alpha value is -5.16. The van der Waals surface area contributed by atoms with Crippen LogP contribution in [0.2, 0.25) is 0 Å². The number of nitrogens with one attached hydrogen (secondary N) is 1. The summed E-state index contributed by atoms with van der Waals surface area (Å²) in [5.41, 5.74) is 7.52. The van der Waals surface area contributed by atoms with Crippen LogP contribution >= 0.6 is 0 Å². The maximum Gasteiger partial charge on any atom is 0.415 e. The molecular formula is C25H23N7O7. The number of morpholine rings is 1. The van der Waals surface area contributed by atoms with Gasteiger partial charge in [-0.25, -0.2) is 4.79 Å². The van der Waals surface area contributed by atoms with Gasteiger partial charge in [0.25, 0.3) is 5.75 Å². The molecule has 1 amide bonds. The Bertz CT molecular complexity index is 1490. The van der Waals surface area contributed by atoms with E-state index in [2.05, 4.69) is 21.3 Å². The topological polar surface area (TPSA) is 192 Å². The fourth-order valence-electron chi connectivity index (χ4n) is 4.49. The van der Waals surface area contributed by atoms with Crippen LogP contribution in [0.25, 0.3) is 11.3 Å². The highest BCUT2D eigenvalue weighted by atomic mass is 16.6. The van der Waals surface area contributed by atoms with Crippen LogP contribution in [0.4, 0.5) is 10.5 Å². The van der Waals surface area contributed by atoms with Crippen LogP contribution in [0.15, 0.2) is 48.1 Å². The number of H-pyrrole nitrogens is 1. The van der Waals surface area contributed by atoms with Crippen molar-refractivity contribution < 1.29 is 28.7 Å². The molecule has 5 rings (SSSR count). The number of allylic oxidation sites excluding steroid dienone is 1. The molecule has 2 aliphatic heterocycles. The molecule has 1 fully saturated rings. The van der Waals surface area contributed by atoms with Gasteiger partial charge >= 0.3 is 11.8 Å². The SMILES string of the molecule is CCOc1cc(C2C(C#N)=C(N)Oc3n[nH]c(-c4ccncc4)c32)cc([N+](=O)[O-])c1OC(=O)N1CCOCC1. The lowest BCUT2D eigenvalue weighted by atomic mass is 9.82. The minimum Gasteiger partial charge on any atom is -0.490 e. The smallest absolute Gasteiger partial charge is 0.415 e. The van der Waals surface area contributed by atoms with Crippen molar-refractivity contribution in [3.05, 3.63) is 69.4 Å². The quantitative estimate of drug-likeness (QED) is 0.350. The average molecular weight is 534 g/mol. The van der Waals surface area contributed by atoms with Crippen LogP contribution in [0.3, 0.4) is 0 Å². The first-order valence-electron chi connectivity index (χ1n) is 12.0. The Balaban J connectivity index is 1.66. The number of nitrogens with two attached hydrogens (primary N) is 1. The number of nitrogens with zero attached hydrogens (tertiary/aromatic N) is 5. The maximum atomic E-state index is 12.8. The highest BCUT2D eigenvalue weighted by Gasteiger charge is 2.38. The number of aromatic amines is 1. The van der Waals surface area contributed by atoms with E-state index in [0.717, 1.165) is 0 Å². The third kappa shape index (κ3) is 4.78. The molecule has 1 aromatic carbocycles. The Morgan fingerprint density at radius 1 is 1.33 bits per heavy atom. The van der Waals surface area contributed by atoms with Crippen molar-refractivity contribution in [3.63, 3.8) is 0 Å². The van der Waals surface area contributed by atoms with Gasteiger partial charge in [0.15, 0.2) is 5.75 Å². The second kappa shape index (κ2) is 10.7. The molecular weight excluding hydrogens is 510 g/mol. The van der Waals surface area contributed by atoms with Gasteiger partial charge in [-0.1, -0.05) is 0 Å². The highest BCUT2D eigenvalue weighted by molar-refractivity contribution is 5.76. The first kappa shape index (κ1) is 25.5. The Morgan fingerprint density at radius 3 is 2.74 bits per heavy atom. The molecule has 3 N–H and O–H groups in total. The van der Waals surface area contributed by atoms with Crippen LogP contribution in [0.1, 0.15) is 24.0 Å². The number of hydrogen-bond acceptors (Lipinski definition) is 11. The molecule has 3 aromatic rings. The number of fused-ring (bicyclic) bond motifs is 1. The molecule has 0 radical (unpaired) electrons. The number of ether oxygens (including phenoxy) is 4. The Morgan fingerprint density at radius 2 is 2.08 bits per heavy atom. The zero-order valence-corrected chi connectivity index (χ0v) is 20.7. The molecule has 1 unspecified atom stereocenters. The zero-order valence-electron chi connectivity index (χ0n) is 20.7. The van der Waals surface area contributed by atoms with Gasteiger partial charge in [-0.3, -0.25) is 20.2 Å². The van der Waals surface area contributed by atoms with Crippen LogP contribution in [0.5, 0.6) is 17.4 Å².